The molecule has 0 fully saturated rings. The highest BCUT2D eigenvalue weighted by molar-refractivity contribution is 7.97. The lowest BCUT2D eigenvalue weighted by Crippen LogP contribution is -2.47. The SMILES string of the molecule is CCN(CC(=O)NC(C)(C)C)C(=O)Cn1c(CSC)nc2ccccc21. The van der Waals surface area contributed by atoms with E-state index >= 15 is 0 Å². The van der Waals surface area contributed by atoms with Crippen LogP contribution in [0.25, 0.3) is 11.0 Å². The fourth-order valence-corrected chi connectivity index (χ4v) is 3.26. The second-order valence-corrected chi connectivity index (χ2v) is 8.11. The minimum Gasteiger partial charge on any atom is -0.350 e. The Hall–Kier alpha value is -2.02. The molecule has 1 aromatic carbocycles. The first-order chi connectivity index (χ1) is 12.2. The molecule has 7 heteroatoms. The van der Waals surface area contributed by atoms with Gasteiger partial charge in [0.2, 0.25) is 11.8 Å². The van der Waals surface area contributed by atoms with Gasteiger partial charge in [-0.2, -0.15) is 11.8 Å². The molecule has 2 amide bonds. The van der Waals surface area contributed by atoms with Crippen LogP contribution in [0.3, 0.4) is 0 Å². The van der Waals surface area contributed by atoms with Gasteiger partial charge in [0.1, 0.15) is 12.4 Å². The van der Waals surface area contributed by atoms with Gasteiger partial charge >= 0.3 is 0 Å². The summed E-state index contributed by atoms with van der Waals surface area (Å²) in [6.45, 7) is 8.40. The smallest absolute Gasteiger partial charge is 0.243 e. The summed E-state index contributed by atoms with van der Waals surface area (Å²) >= 11 is 1.67. The zero-order chi connectivity index (χ0) is 19.3. The van der Waals surface area contributed by atoms with Crippen LogP contribution in [0.1, 0.15) is 33.5 Å². The van der Waals surface area contributed by atoms with Crippen molar-refractivity contribution in [2.24, 2.45) is 0 Å². The first-order valence-corrected chi connectivity index (χ1v) is 10.2. The van der Waals surface area contributed by atoms with Gasteiger partial charge in [-0.3, -0.25) is 9.59 Å². The number of hydrogen-bond donors (Lipinski definition) is 1. The zero-order valence-electron chi connectivity index (χ0n) is 16.2. The number of carbonyl (C=O) groups excluding carboxylic acids is 2. The molecule has 0 aliphatic carbocycles. The quantitative estimate of drug-likeness (QED) is 0.807. The number of para-hydroxylation sites is 2. The topological polar surface area (TPSA) is 67.2 Å². The minimum atomic E-state index is -0.314. The van der Waals surface area contributed by atoms with Gasteiger partial charge in [-0.15, -0.1) is 0 Å². The fourth-order valence-electron chi connectivity index (χ4n) is 2.78. The van der Waals surface area contributed by atoms with Crippen LogP contribution in [0.2, 0.25) is 0 Å². The monoisotopic (exact) mass is 376 g/mol. The molecule has 1 heterocycles. The second-order valence-electron chi connectivity index (χ2n) is 7.24. The predicted molar refractivity (Wildman–Crippen MR) is 107 cm³/mol. The summed E-state index contributed by atoms with van der Waals surface area (Å²) in [6.07, 6.45) is 2.01. The van der Waals surface area contributed by atoms with E-state index in [0.29, 0.717) is 6.54 Å². The number of fused-ring (bicyclic) bond motifs is 1. The Morgan fingerprint density at radius 1 is 1.27 bits per heavy atom. The molecule has 0 spiro atoms. The molecule has 0 aliphatic heterocycles. The number of nitrogens with one attached hydrogen (secondary N) is 1. The molecule has 0 atom stereocenters. The summed E-state index contributed by atoms with van der Waals surface area (Å²) in [5.41, 5.74) is 1.52. The minimum absolute atomic E-state index is 0.0666. The van der Waals surface area contributed by atoms with Crippen LogP contribution in [0, 0.1) is 0 Å². The number of aromatic nitrogens is 2. The van der Waals surface area contributed by atoms with Crippen molar-refractivity contribution in [3.63, 3.8) is 0 Å². The van der Waals surface area contributed by atoms with Crippen molar-refractivity contribution in [3.8, 4) is 0 Å². The molecule has 2 aromatic rings. The van der Waals surface area contributed by atoms with E-state index in [1.165, 1.54) is 0 Å². The Morgan fingerprint density at radius 3 is 2.58 bits per heavy atom. The Bertz CT molecular complexity index is 779. The van der Waals surface area contributed by atoms with E-state index in [9.17, 15) is 9.59 Å². The number of amides is 2. The molecule has 0 saturated heterocycles. The van der Waals surface area contributed by atoms with Crippen molar-refractivity contribution < 1.29 is 9.59 Å². The fraction of sp³-hybridized carbons (Fsp3) is 0.526. The van der Waals surface area contributed by atoms with E-state index in [4.69, 9.17) is 0 Å². The molecule has 1 N–H and O–H groups in total. The van der Waals surface area contributed by atoms with Gasteiger partial charge < -0.3 is 14.8 Å². The van der Waals surface area contributed by atoms with Gasteiger partial charge in [0.25, 0.3) is 0 Å². The number of imidazole rings is 1. The highest BCUT2D eigenvalue weighted by atomic mass is 32.2. The number of likely N-dealkylation sites (N-methyl/N-ethyl adjacent to an activating group) is 1. The number of nitrogens with zero attached hydrogens (tertiary/aromatic N) is 3. The third kappa shape index (κ3) is 5.24. The maximum atomic E-state index is 12.8. The second kappa shape index (κ2) is 8.58. The Kier molecular flexibility index (Phi) is 6.69. The molecular formula is C19H28N4O2S. The zero-order valence-corrected chi connectivity index (χ0v) is 17.0. The number of rotatable bonds is 7. The highest BCUT2D eigenvalue weighted by Crippen LogP contribution is 2.19. The van der Waals surface area contributed by atoms with E-state index in [1.807, 2.05) is 62.8 Å². The molecular weight excluding hydrogens is 348 g/mol. The molecule has 6 nitrogen and oxygen atoms in total. The predicted octanol–water partition coefficient (Wildman–Crippen LogP) is 2.66. The summed E-state index contributed by atoms with van der Waals surface area (Å²) in [6, 6.07) is 7.82. The summed E-state index contributed by atoms with van der Waals surface area (Å²) in [4.78, 5) is 31.2. The maximum Gasteiger partial charge on any atom is 0.243 e. The van der Waals surface area contributed by atoms with E-state index in [0.717, 1.165) is 22.6 Å². The van der Waals surface area contributed by atoms with Crippen molar-refractivity contribution in [1.29, 1.82) is 0 Å². The molecule has 0 unspecified atom stereocenters. The first kappa shape index (κ1) is 20.3. The summed E-state index contributed by atoms with van der Waals surface area (Å²) < 4.78 is 1.96. The third-order valence-electron chi connectivity index (χ3n) is 3.88. The molecule has 26 heavy (non-hydrogen) atoms. The molecule has 0 saturated carbocycles. The van der Waals surface area contributed by atoms with Crippen LogP contribution >= 0.6 is 11.8 Å². The number of carbonyl (C=O) groups is 2. The third-order valence-corrected chi connectivity index (χ3v) is 4.43. The van der Waals surface area contributed by atoms with E-state index in [2.05, 4.69) is 10.3 Å². The average Bonchev–Trinajstić information content (AvgIpc) is 2.89. The van der Waals surface area contributed by atoms with E-state index < -0.39 is 0 Å². The lowest BCUT2D eigenvalue weighted by atomic mass is 10.1. The maximum absolute atomic E-state index is 12.8. The van der Waals surface area contributed by atoms with Crippen LogP contribution in [0.4, 0.5) is 0 Å². The average molecular weight is 377 g/mol. The van der Waals surface area contributed by atoms with Gasteiger partial charge in [0.15, 0.2) is 0 Å². The van der Waals surface area contributed by atoms with Crippen LogP contribution in [0.15, 0.2) is 24.3 Å². The van der Waals surface area contributed by atoms with Crippen LogP contribution in [0.5, 0.6) is 0 Å². The summed E-state index contributed by atoms with van der Waals surface area (Å²) in [5, 5.41) is 2.90. The van der Waals surface area contributed by atoms with Crippen LogP contribution < -0.4 is 5.32 Å². The summed E-state index contributed by atoms with van der Waals surface area (Å²) in [5.74, 6) is 1.38. The van der Waals surface area contributed by atoms with Gasteiger partial charge in [-0.05, 0) is 46.1 Å². The standard InChI is InChI=1S/C19H28N4O2S/c1-6-22(11-17(24)21-19(2,3)4)18(25)12-23-15-10-8-7-9-14(15)20-16(23)13-26-5/h7-10H,6,11-13H2,1-5H3,(H,21,24). The normalized spacial score (nSPS) is 11.6. The van der Waals surface area contributed by atoms with Gasteiger partial charge in [-0.25, -0.2) is 4.98 Å². The molecule has 0 aliphatic rings. The molecule has 142 valence electrons. The largest absolute Gasteiger partial charge is 0.350 e. The van der Waals surface area contributed by atoms with Crippen molar-refractivity contribution >= 4 is 34.6 Å². The van der Waals surface area contributed by atoms with Gasteiger partial charge in [0, 0.05) is 12.1 Å². The number of benzene rings is 1. The van der Waals surface area contributed by atoms with E-state index in [-0.39, 0.29) is 30.4 Å². The lowest BCUT2D eigenvalue weighted by molar-refractivity contribution is -0.136. The first-order valence-electron chi connectivity index (χ1n) is 8.77. The van der Waals surface area contributed by atoms with Crippen LogP contribution in [-0.2, 0) is 21.9 Å². The van der Waals surface area contributed by atoms with Crippen LogP contribution in [-0.4, -0.2) is 51.1 Å². The van der Waals surface area contributed by atoms with Gasteiger partial charge in [-0.1, -0.05) is 12.1 Å². The number of thioether (sulfide) groups is 1. The van der Waals surface area contributed by atoms with Crippen molar-refractivity contribution in [2.45, 2.75) is 45.5 Å². The van der Waals surface area contributed by atoms with E-state index in [1.54, 1.807) is 16.7 Å². The van der Waals surface area contributed by atoms with Crippen molar-refractivity contribution in [1.82, 2.24) is 19.8 Å². The Morgan fingerprint density at radius 2 is 1.96 bits per heavy atom. The molecule has 2 rings (SSSR count). The molecule has 0 radical (unpaired) electrons. The molecule has 1 aromatic heterocycles. The van der Waals surface area contributed by atoms with Gasteiger partial charge in [0.05, 0.1) is 23.3 Å². The number of hydrogen-bond acceptors (Lipinski definition) is 4. The van der Waals surface area contributed by atoms with Crippen molar-refractivity contribution in [2.75, 3.05) is 19.3 Å². The molecule has 0 bridgehead atoms. The highest BCUT2D eigenvalue weighted by Gasteiger charge is 2.21. The van der Waals surface area contributed by atoms with Crippen molar-refractivity contribution in [3.05, 3.63) is 30.1 Å². The Balaban J connectivity index is 2.18. The lowest BCUT2D eigenvalue weighted by Gasteiger charge is -2.25. The summed E-state index contributed by atoms with van der Waals surface area (Å²) in [7, 11) is 0. The Labute approximate surface area is 159 Å².